The molecule has 0 spiro atoms. The van der Waals surface area contributed by atoms with Crippen LogP contribution in [0, 0.1) is 0 Å². The largest absolute Gasteiger partial charge is 0.494 e. The third kappa shape index (κ3) is 5.09. The Morgan fingerprint density at radius 3 is 2.44 bits per heavy atom. The molecule has 0 bridgehead atoms. The predicted molar refractivity (Wildman–Crippen MR) is 76.0 cm³/mol. The topological polar surface area (TPSA) is 21.3 Å². The normalized spacial score (nSPS) is 17.3. The van der Waals surface area contributed by atoms with Gasteiger partial charge in [0.05, 0.1) is 6.61 Å². The third-order valence-electron chi connectivity index (χ3n) is 3.62. The lowest BCUT2D eigenvalue weighted by Crippen LogP contribution is -2.30. The summed E-state index contributed by atoms with van der Waals surface area (Å²) in [5.74, 6) is 0.979. The quantitative estimate of drug-likeness (QED) is 0.610. The number of hydrogen-bond acceptors (Lipinski definition) is 2. The second-order valence-corrected chi connectivity index (χ2v) is 5.16. The number of para-hydroxylation sites is 1. The van der Waals surface area contributed by atoms with Crippen molar-refractivity contribution in [3.8, 4) is 5.75 Å². The maximum absolute atomic E-state index is 5.68. The van der Waals surface area contributed by atoms with E-state index in [4.69, 9.17) is 4.74 Å². The molecule has 0 saturated heterocycles. The van der Waals surface area contributed by atoms with Crippen LogP contribution < -0.4 is 10.1 Å². The average Bonchev–Trinajstić information content (AvgIpc) is 2.68. The second-order valence-electron chi connectivity index (χ2n) is 5.16. The zero-order valence-corrected chi connectivity index (χ0v) is 11.2. The number of nitrogens with one attached hydrogen (secondary N) is 1. The molecule has 2 nitrogen and oxygen atoms in total. The molecule has 1 saturated carbocycles. The fraction of sp³-hybridized carbons (Fsp3) is 0.625. The van der Waals surface area contributed by atoms with Gasteiger partial charge in [-0.25, -0.2) is 0 Å². The third-order valence-corrected chi connectivity index (χ3v) is 3.62. The van der Waals surface area contributed by atoms with Crippen molar-refractivity contribution in [3.05, 3.63) is 30.3 Å². The molecular formula is C16H25NO. The van der Waals surface area contributed by atoms with E-state index >= 15 is 0 Å². The highest BCUT2D eigenvalue weighted by atomic mass is 16.5. The van der Waals surface area contributed by atoms with Crippen LogP contribution in [-0.2, 0) is 0 Å². The van der Waals surface area contributed by atoms with E-state index in [2.05, 4.69) is 5.32 Å². The summed E-state index contributed by atoms with van der Waals surface area (Å²) in [6, 6.07) is 10.8. The molecule has 2 heteroatoms. The monoisotopic (exact) mass is 247 g/mol. The fourth-order valence-corrected chi connectivity index (χ4v) is 2.57. The summed E-state index contributed by atoms with van der Waals surface area (Å²) in [4.78, 5) is 0. The first-order valence-electron chi connectivity index (χ1n) is 7.36. The van der Waals surface area contributed by atoms with Gasteiger partial charge in [0.25, 0.3) is 0 Å². The van der Waals surface area contributed by atoms with Gasteiger partial charge in [0.1, 0.15) is 5.75 Å². The van der Waals surface area contributed by atoms with Crippen LogP contribution in [0.25, 0.3) is 0 Å². The summed E-state index contributed by atoms with van der Waals surface area (Å²) < 4.78 is 5.68. The Hall–Kier alpha value is -1.02. The van der Waals surface area contributed by atoms with Crippen molar-refractivity contribution >= 4 is 0 Å². The summed E-state index contributed by atoms with van der Waals surface area (Å²) in [6.45, 7) is 1.89. The van der Waals surface area contributed by atoms with Gasteiger partial charge in [0.15, 0.2) is 0 Å². The molecule has 0 aliphatic heterocycles. The second kappa shape index (κ2) is 8.15. The lowest BCUT2D eigenvalue weighted by atomic mass is 10.1. The molecule has 0 heterocycles. The molecule has 0 atom stereocenters. The van der Waals surface area contributed by atoms with Crippen LogP contribution in [0.15, 0.2) is 30.3 Å². The van der Waals surface area contributed by atoms with E-state index in [1.165, 1.54) is 38.5 Å². The Balaban J connectivity index is 1.53. The molecule has 1 aromatic rings. The fourth-order valence-electron chi connectivity index (χ4n) is 2.57. The highest BCUT2D eigenvalue weighted by Crippen LogP contribution is 2.17. The van der Waals surface area contributed by atoms with Crippen LogP contribution >= 0.6 is 0 Å². The molecule has 18 heavy (non-hydrogen) atoms. The summed E-state index contributed by atoms with van der Waals surface area (Å²) in [7, 11) is 0. The van der Waals surface area contributed by atoms with Gasteiger partial charge in [-0.2, -0.15) is 0 Å². The van der Waals surface area contributed by atoms with Gasteiger partial charge in [-0.05, 0) is 37.9 Å². The molecule has 0 aromatic heterocycles. The first-order valence-corrected chi connectivity index (χ1v) is 7.36. The van der Waals surface area contributed by atoms with Crippen molar-refractivity contribution in [1.29, 1.82) is 0 Å². The smallest absolute Gasteiger partial charge is 0.119 e. The zero-order valence-electron chi connectivity index (χ0n) is 11.2. The molecule has 1 aromatic carbocycles. The standard InChI is InChI=1S/C16H25NO/c1-2-5-10-15(9-4-1)17-13-8-14-18-16-11-6-3-7-12-16/h3,6-7,11-12,15,17H,1-2,4-5,8-10,13-14H2. The number of benzene rings is 1. The molecule has 0 amide bonds. The highest BCUT2D eigenvalue weighted by molar-refractivity contribution is 5.20. The van der Waals surface area contributed by atoms with Gasteiger partial charge in [-0.1, -0.05) is 43.9 Å². The minimum atomic E-state index is 0.754. The Bertz CT molecular complexity index is 304. The van der Waals surface area contributed by atoms with E-state index in [1.807, 2.05) is 30.3 Å². The summed E-state index contributed by atoms with van der Waals surface area (Å²) in [5, 5.41) is 3.67. The van der Waals surface area contributed by atoms with Crippen molar-refractivity contribution in [3.63, 3.8) is 0 Å². The minimum Gasteiger partial charge on any atom is -0.494 e. The molecule has 1 aliphatic rings. The molecule has 1 fully saturated rings. The van der Waals surface area contributed by atoms with Gasteiger partial charge in [0, 0.05) is 6.04 Å². The maximum Gasteiger partial charge on any atom is 0.119 e. The lowest BCUT2D eigenvalue weighted by molar-refractivity contribution is 0.302. The van der Waals surface area contributed by atoms with Crippen LogP contribution in [0.3, 0.4) is 0 Å². The Morgan fingerprint density at radius 2 is 1.72 bits per heavy atom. The van der Waals surface area contributed by atoms with E-state index in [0.717, 1.165) is 31.4 Å². The SMILES string of the molecule is c1ccc(OCCCNC2CCCCCC2)cc1. The lowest BCUT2D eigenvalue weighted by Gasteiger charge is -2.16. The van der Waals surface area contributed by atoms with Gasteiger partial charge in [-0.3, -0.25) is 0 Å². The van der Waals surface area contributed by atoms with Gasteiger partial charge in [-0.15, -0.1) is 0 Å². The van der Waals surface area contributed by atoms with Gasteiger partial charge < -0.3 is 10.1 Å². The Labute approximate surface area is 111 Å². The van der Waals surface area contributed by atoms with E-state index in [0.29, 0.717) is 0 Å². The first kappa shape index (κ1) is 13.4. The Morgan fingerprint density at radius 1 is 1.00 bits per heavy atom. The average molecular weight is 247 g/mol. The van der Waals surface area contributed by atoms with Crippen LogP contribution in [0.5, 0.6) is 5.75 Å². The van der Waals surface area contributed by atoms with Crippen molar-refractivity contribution in [2.45, 2.75) is 51.0 Å². The molecule has 100 valence electrons. The summed E-state index contributed by atoms with van der Waals surface area (Å²) in [5.41, 5.74) is 0. The van der Waals surface area contributed by atoms with E-state index in [1.54, 1.807) is 0 Å². The van der Waals surface area contributed by atoms with Crippen molar-refractivity contribution < 1.29 is 4.74 Å². The van der Waals surface area contributed by atoms with Gasteiger partial charge in [0.2, 0.25) is 0 Å². The van der Waals surface area contributed by atoms with Crippen molar-refractivity contribution in [2.75, 3.05) is 13.2 Å². The minimum absolute atomic E-state index is 0.754. The van der Waals surface area contributed by atoms with Gasteiger partial charge >= 0.3 is 0 Å². The summed E-state index contributed by atoms with van der Waals surface area (Å²) in [6.07, 6.45) is 9.46. The van der Waals surface area contributed by atoms with E-state index in [9.17, 15) is 0 Å². The molecule has 1 aliphatic carbocycles. The van der Waals surface area contributed by atoms with E-state index < -0.39 is 0 Å². The molecular weight excluding hydrogens is 222 g/mol. The number of hydrogen-bond donors (Lipinski definition) is 1. The summed E-state index contributed by atoms with van der Waals surface area (Å²) >= 11 is 0. The van der Waals surface area contributed by atoms with E-state index in [-0.39, 0.29) is 0 Å². The highest BCUT2D eigenvalue weighted by Gasteiger charge is 2.10. The maximum atomic E-state index is 5.68. The van der Waals surface area contributed by atoms with Crippen molar-refractivity contribution in [2.24, 2.45) is 0 Å². The zero-order chi connectivity index (χ0) is 12.5. The first-order chi connectivity index (χ1) is 8.95. The molecule has 2 rings (SSSR count). The molecule has 1 N–H and O–H groups in total. The predicted octanol–water partition coefficient (Wildman–Crippen LogP) is 3.77. The molecule has 0 radical (unpaired) electrons. The number of ether oxygens (including phenoxy) is 1. The van der Waals surface area contributed by atoms with Crippen LogP contribution in [0.4, 0.5) is 0 Å². The van der Waals surface area contributed by atoms with Crippen LogP contribution in [-0.4, -0.2) is 19.2 Å². The number of rotatable bonds is 6. The molecule has 0 unspecified atom stereocenters. The Kier molecular flexibility index (Phi) is 6.07. The van der Waals surface area contributed by atoms with Crippen LogP contribution in [0.2, 0.25) is 0 Å². The van der Waals surface area contributed by atoms with Crippen molar-refractivity contribution in [1.82, 2.24) is 5.32 Å². The van der Waals surface area contributed by atoms with Crippen LogP contribution in [0.1, 0.15) is 44.9 Å².